The number of hydrogen-bond acceptors (Lipinski definition) is 2. The van der Waals surface area contributed by atoms with Crippen LogP contribution in [0.2, 0.25) is 0 Å². The van der Waals surface area contributed by atoms with Crippen LogP contribution in [0.1, 0.15) is 0 Å². The van der Waals surface area contributed by atoms with Crippen LogP contribution in [0.5, 0.6) is 0 Å². The molecule has 4 heteroatoms. The van der Waals surface area contributed by atoms with E-state index in [1.165, 1.54) is 54.8 Å². The van der Waals surface area contributed by atoms with Crippen molar-refractivity contribution >= 4 is 43.6 Å². The summed E-state index contributed by atoms with van der Waals surface area (Å²) < 4.78 is 4.68. The Morgan fingerprint density at radius 3 is 1.48 bits per heavy atom. The summed E-state index contributed by atoms with van der Waals surface area (Å²) in [4.78, 5) is 8.66. The molecule has 0 saturated carbocycles. The van der Waals surface area contributed by atoms with Gasteiger partial charge in [-0.3, -0.25) is 0 Å². The van der Waals surface area contributed by atoms with E-state index in [1.54, 1.807) is 6.33 Å². The van der Waals surface area contributed by atoms with E-state index in [-0.39, 0.29) is 0 Å². The maximum absolute atomic E-state index is 4.33. The fourth-order valence-electron chi connectivity index (χ4n) is 6.70. The number of nitrogens with zero attached hydrogens (tertiary/aromatic N) is 4. The molecule has 3 heterocycles. The number of fused-ring (bicyclic) bond motifs is 6. The molecule has 0 atom stereocenters. The van der Waals surface area contributed by atoms with Gasteiger partial charge in [0.05, 0.1) is 40.1 Å². The molecule has 0 saturated heterocycles. The summed E-state index contributed by atoms with van der Waals surface area (Å²) in [6.07, 6.45) is 5.34. The molecule has 9 rings (SSSR count). The summed E-state index contributed by atoms with van der Waals surface area (Å²) in [6.45, 7) is 0. The number of para-hydroxylation sites is 2. The first kappa shape index (κ1) is 24.6. The molecule has 4 nitrogen and oxygen atoms in total. The molecule has 0 aliphatic heterocycles. The number of hydrogen-bond donors (Lipinski definition) is 0. The SMILES string of the molecule is c1ccc(-c2ccc(-c3cccc(-n4c5ccccc5c5cc6c(cc54)c4ccccc4n6-c4cncnc4)c3)cc2)cc1. The Hall–Kier alpha value is -6.00. The first-order chi connectivity index (χ1) is 21.8. The predicted molar refractivity (Wildman–Crippen MR) is 182 cm³/mol. The van der Waals surface area contributed by atoms with Crippen molar-refractivity contribution < 1.29 is 0 Å². The Labute approximate surface area is 254 Å². The van der Waals surface area contributed by atoms with Gasteiger partial charge in [-0.05, 0) is 58.7 Å². The maximum atomic E-state index is 4.33. The fraction of sp³-hybridized carbons (Fsp3) is 0. The Bertz CT molecular complexity index is 2470. The van der Waals surface area contributed by atoms with Gasteiger partial charge in [0.2, 0.25) is 0 Å². The van der Waals surface area contributed by atoms with Crippen LogP contribution in [-0.4, -0.2) is 19.1 Å². The molecule has 0 amide bonds. The van der Waals surface area contributed by atoms with Crippen molar-refractivity contribution in [3.63, 3.8) is 0 Å². The summed E-state index contributed by atoms with van der Waals surface area (Å²) in [6, 6.07) is 50.2. The standard InChI is InChI=1S/C40H26N4/c1-2-9-27(10-3-1)28-17-19-29(20-18-28)30-11-8-12-31(21-30)43-37-15-6-4-13-33(37)35-23-40-36(22-39(35)43)34-14-5-7-16-38(34)44(40)32-24-41-26-42-25-32/h1-26H. The molecular formula is C40H26N4. The van der Waals surface area contributed by atoms with Crippen LogP contribution in [-0.2, 0) is 0 Å². The third kappa shape index (κ3) is 3.78. The predicted octanol–water partition coefficient (Wildman–Crippen LogP) is 10.0. The molecule has 6 aromatic carbocycles. The van der Waals surface area contributed by atoms with E-state index in [9.17, 15) is 0 Å². The summed E-state index contributed by atoms with van der Waals surface area (Å²) in [5.41, 5.74) is 11.6. The van der Waals surface area contributed by atoms with Crippen molar-refractivity contribution in [3.05, 3.63) is 158 Å². The van der Waals surface area contributed by atoms with Gasteiger partial charge >= 0.3 is 0 Å². The van der Waals surface area contributed by atoms with Crippen molar-refractivity contribution in [2.75, 3.05) is 0 Å². The van der Waals surface area contributed by atoms with E-state index in [4.69, 9.17) is 0 Å². The second-order valence-electron chi connectivity index (χ2n) is 11.2. The maximum Gasteiger partial charge on any atom is 0.115 e. The van der Waals surface area contributed by atoms with E-state index < -0.39 is 0 Å². The van der Waals surface area contributed by atoms with Crippen LogP contribution < -0.4 is 0 Å². The normalized spacial score (nSPS) is 11.6. The van der Waals surface area contributed by atoms with Crippen LogP contribution in [0.25, 0.3) is 77.2 Å². The van der Waals surface area contributed by atoms with Crippen LogP contribution >= 0.6 is 0 Å². The minimum atomic E-state index is 0.952. The quantitative estimate of drug-likeness (QED) is 0.214. The highest BCUT2D eigenvalue weighted by Gasteiger charge is 2.18. The van der Waals surface area contributed by atoms with Crippen molar-refractivity contribution in [3.8, 4) is 33.6 Å². The van der Waals surface area contributed by atoms with E-state index >= 15 is 0 Å². The largest absolute Gasteiger partial charge is 0.309 e. The average Bonchev–Trinajstić information content (AvgIpc) is 3.60. The van der Waals surface area contributed by atoms with E-state index in [0.29, 0.717) is 0 Å². The molecule has 44 heavy (non-hydrogen) atoms. The Morgan fingerprint density at radius 2 is 0.841 bits per heavy atom. The molecule has 0 fully saturated rings. The van der Waals surface area contributed by atoms with Crippen LogP contribution in [0.4, 0.5) is 0 Å². The molecule has 0 unspecified atom stereocenters. The van der Waals surface area contributed by atoms with Gasteiger partial charge in [0.25, 0.3) is 0 Å². The summed E-state index contributed by atoms with van der Waals surface area (Å²) >= 11 is 0. The molecule has 0 radical (unpaired) electrons. The zero-order chi connectivity index (χ0) is 29.0. The minimum Gasteiger partial charge on any atom is -0.309 e. The molecule has 0 spiro atoms. The Balaban J connectivity index is 1.27. The lowest BCUT2D eigenvalue weighted by molar-refractivity contribution is 1.08. The first-order valence-corrected chi connectivity index (χ1v) is 14.8. The van der Waals surface area contributed by atoms with Crippen LogP contribution in [0.15, 0.2) is 158 Å². The second kappa shape index (κ2) is 9.79. The first-order valence-electron chi connectivity index (χ1n) is 14.8. The lowest BCUT2D eigenvalue weighted by Crippen LogP contribution is -1.96. The van der Waals surface area contributed by atoms with Crippen molar-refractivity contribution in [2.24, 2.45) is 0 Å². The van der Waals surface area contributed by atoms with Gasteiger partial charge in [-0.25, -0.2) is 9.97 Å². The third-order valence-electron chi connectivity index (χ3n) is 8.70. The molecule has 0 aliphatic rings. The molecule has 0 bridgehead atoms. The molecule has 0 aliphatic carbocycles. The smallest absolute Gasteiger partial charge is 0.115 e. The van der Waals surface area contributed by atoms with Gasteiger partial charge in [0.15, 0.2) is 0 Å². The lowest BCUT2D eigenvalue weighted by Gasteiger charge is -2.11. The highest BCUT2D eigenvalue weighted by atomic mass is 15.0. The lowest BCUT2D eigenvalue weighted by atomic mass is 10.00. The Morgan fingerprint density at radius 1 is 0.341 bits per heavy atom. The van der Waals surface area contributed by atoms with Crippen molar-refractivity contribution in [1.82, 2.24) is 19.1 Å². The van der Waals surface area contributed by atoms with Gasteiger partial charge in [0, 0.05) is 27.2 Å². The second-order valence-corrected chi connectivity index (χ2v) is 11.2. The van der Waals surface area contributed by atoms with Crippen LogP contribution in [0.3, 0.4) is 0 Å². The molecule has 0 N–H and O–H groups in total. The fourth-order valence-corrected chi connectivity index (χ4v) is 6.70. The van der Waals surface area contributed by atoms with Crippen molar-refractivity contribution in [1.29, 1.82) is 0 Å². The zero-order valence-electron chi connectivity index (χ0n) is 23.8. The van der Waals surface area contributed by atoms with Gasteiger partial charge in [-0.1, -0.05) is 103 Å². The van der Waals surface area contributed by atoms with Crippen molar-refractivity contribution in [2.45, 2.75) is 0 Å². The molecule has 3 aromatic heterocycles. The summed E-state index contributed by atoms with van der Waals surface area (Å²) in [7, 11) is 0. The monoisotopic (exact) mass is 562 g/mol. The van der Waals surface area contributed by atoms with Gasteiger partial charge < -0.3 is 9.13 Å². The number of aromatic nitrogens is 4. The summed E-state index contributed by atoms with van der Waals surface area (Å²) in [5.74, 6) is 0. The average molecular weight is 563 g/mol. The number of rotatable bonds is 4. The molecule has 9 aromatic rings. The summed E-state index contributed by atoms with van der Waals surface area (Å²) in [5, 5.41) is 4.85. The van der Waals surface area contributed by atoms with E-state index in [0.717, 1.165) is 22.4 Å². The molecular weight excluding hydrogens is 536 g/mol. The van der Waals surface area contributed by atoms with E-state index in [1.807, 2.05) is 12.4 Å². The Kier molecular flexibility index (Phi) is 5.47. The third-order valence-corrected chi connectivity index (χ3v) is 8.70. The van der Waals surface area contributed by atoms with Gasteiger partial charge in [0.1, 0.15) is 6.33 Å². The molecule has 206 valence electrons. The van der Waals surface area contributed by atoms with E-state index in [2.05, 4.69) is 159 Å². The topological polar surface area (TPSA) is 35.6 Å². The van der Waals surface area contributed by atoms with Gasteiger partial charge in [-0.2, -0.15) is 0 Å². The number of benzene rings is 6. The highest BCUT2D eigenvalue weighted by Crippen LogP contribution is 2.39. The highest BCUT2D eigenvalue weighted by molar-refractivity contribution is 6.19. The van der Waals surface area contributed by atoms with Crippen LogP contribution in [0, 0.1) is 0 Å². The van der Waals surface area contributed by atoms with Gasteiger partial charge in [-0.15, -0.1) is 0 Å². The minimum absolute atomic E-state index is 0.952. The zero-order valence-corrected chi connectivity index (χ0v) is 23.8.